The number of hydrazine groups is 1. The second-order valence-electron chi connectivity index (χ2n) is 5.65. The molecule has 8 heteroatoms. The molecule has 0 fully saturated rings. The zero-order valence-electron chi connectivity index (χ0n) is 14.0. The maximum atomic E-state index is 12.2. The van der Waals surface area contributed by atoms with Crippen LogP contribution in [0.4, 0.5) is 5.69 Å². The van der Waals surface area contributed by atoms with E-state index in [2.05, 4.69) is 16.2 Å². The summed E-state index contributed by atoms with van der Waals surface area (Å²) in [4.78, 5) is 37.4. The van der Waals surface area contributed by atoms with E-state index < -0.39 is 5.91 Å². The molecule has 1 aliphatic rings. The number of anilines is 1. The lowest BCUT2D eigenvalue weighted by Gasteiger charge is -2.17. The Morgan fingerprint density at radius 3 is 2.69 bits per heavy atom. The minimum absolute atomic E-state index is 0.0958. The van der Waals surface area contributed by atoms with Crippen LogP contribution in [0.1, 0.15) is 15.9 Å². The number of fused-ring (bicyclic) bond motifs is 1. The summed E-state index contributed by atoms with van der Waals surface area (Å²) in [6.45, 7) is 2.00. The lowest BCUT2D eigenvalue weighted by Crippen LogP contribution is -2.42. The van der Waals surface area contributed by atoms with Crippen molar-refractivity contribution >= 4 is 46.9 Å². The second kappa shape index (κ2) is 8.29. The average Bonchev–Trinajstić information content (AvgIpc) is 2.65. The molecule has 0 radical (unpaired) electrons. The summed E-state index contributed by atoms with van der Waals surface area (Å²) in [5.41, 5.74) is 6.92. The molecule has 0 saturated carbocycles. The number of hydrogen-bond acceptors (Lipinski definition) is 5. The van der Waals surface area contributed by atoms with Gasteiger partial charge in [-0.15, -0.1) is 23.5 Å². The fourth-order valence-electron chi connectivity index (χ4n) is 2.24. The van der Waals surface area contributed by atoms with Crippen LogP contribution in [-0.4, -0.2) is 29.2 Å². The molecule has 6 nitrogen and oxygen atoms in total. The third-order valence-corrected chi connectivity index (χ3v) is 5.67. The topological polar surface area (TPSA) is 87.3 Å². The average molecular weight is 387 g/mol. The molecule has 3 rings (SSSR count). The zero-order chi connectivity index (χ0) is 18.5. The van der Waals surface area contributed by atoms with Crippen molar-refractivity contribution in [2.45, 2.75) is 16.7 Å². The fraction of sp³-hybridized carbons (Fsp3) is 0.167. The number of amides is 3. The quantitative estimate of drug-likeness (QED) is 0.554. The minimum atomic E-state index is -0.439. The van der Waals surface area contributed by atoms with E-state index in [1.54, 1.807) is 18.2 Å². The molecule has 0 atom stereocenters. The third kappa shape index (κ3) is 4.80. The highest BCUT2D eigenvalue weighted by Crippen LogP contribution is 2.31. The van der Waals surface area contributed by atoms with Gasteiger partial charge in [0.05, 0.1) is 17.2 Å². The number of thioether (sulfide) groups is 2. The summed E-state index contributed by atoms with van der Waals surface area (Å²) in [6, 6.07) is 12.9. The highest BCUT2D eigenvalue weighted by Gasteiger charge is 2.17. The third-order valence-electron chi connectivity index (χ3n) is 3.58. The van der Waals surface area contributed by atoms with Crippen LogP contribution in [0, 0.1) is 6.92 Å². The van der Waals surface area contributed by atoms with Gasteiger partial charge in [-0.25, -0.2) is 0 Å². The number of hydrogen-bond donors (Lipinski definition) is 3. The summed E-state index contributed by atoms with van der Waals surface area (Å²) >= 11 is 2.81. The molecule has 0 spiro atoms. The molecule has 0 saturated heterocycles. The van der Waals surface area contributed by atoms with Crippen LogP contribution in [0.15, 0.2) is 52.3 Å². The van der Waals surface area contributed by atoms with Gasteiger partial charge in [0.2, 0.25) is 11.8 Å². The fourth-order valence-corrected chi connectivity index (χ4v) is 3.73. The van der Waals surface area contributed by atoms with Crippen LogP contribution in [0.5, 0.6) is 0 Å². The van der Waals surface area contributed by atoms with Crippen LogP contribution < -0.4 is 16.2 Å². The molecule has 3 N–H and O–H groups in total. The van der Waals surface area contributed by atoms with E-state index in [4.69, 9.17) is 0 Å². The van der Waals surface area contributed by atoms with Gasteiger partial charge in [-0.2, -0.15) is 0 Å². The Bertz CT molecular complexity index is 853. The van der Waals surface area contributed by atoms with Crippen molar-refractivity contribution in [1.82, 2.24) is 10.9 Å². The minimum Gasteiger partial charge on any atom is -0.324 e. The maximum Gasteiger partial charge on any atom is 0.269 e. The van der Waals surface area contributed by atoms with E-state index >= 15 is 0 Å². The van der Waals surface area contributed by atoms with Gasteiger partial charge < -0.3 is 5.32 Å². The lowest BCUT2D eigenvalue weighted by molar-refractivity contribution is -0.119. The van der Waals surface area contributed by atoms with Crippen molar-refractivity contribution in [1.29, 1.82) is 0 Å². The van der Waals surface area contributed by atoms with E-state index in [0.29, 0.717) is 17.0 Å². The van der Waals surface area contributed by atoms with Gasteiger partial charge in [0.1, 0.15) is 0 Å². The monoisotopic (exact) mass is 387 g/mol. The van der Waals surface area contributed by atoms with Crippen LogP contribution in [-0.2, 0) is 9.59 Å². The SMILES string of the molecule is Cc1ccc(SCC(=O)NNC(=O)c2ccc3c(c2)NC(=O)CS3)cc1. The molecular formula is C18H17N3O3S2. The summed E-state index contributed by atoms with van der Waals surface area (Å²) in [5.74, 6) is -0.272. The Hall–Kier alpha value is -2.45. The van der Waals surface area contributed by atoms with E-state index in [0.717, 1.165) is 15.4 Å². The summed E-state index contributed by atoms with van der Waals surface area (Å²) in [6.07, 6.45) is 0. The number of aryl methyl sites for hydroxylation is 1. The lowest BCUT2D eigenvalue weighted by atomic mass is 10.2. The summed E-state index contributed by atoms with van der Waals surface area (Å²) in [5, 5.41) is 2.73. The van der Waals surface area contributed by atoms with E-state index in [9.17, 15) is 14.4 Å². The Kier molecular flexibility index (Phi) is 5.85. The van der Waals surface area contributed by atoms with Crippen LogP contribution >= 0.6 is 23.5 Å². The Labute approximate surface area is 159 Å². The van der Waals surface area contributed by atoms with Gasteiger partial charge in [0.25, 0.3) is 5.91 Å². The number of rotatable bonds is 4. The largest absolute Gasteiger partial charge is 0.324 e. The molecule has 2 aromatic carbocycles. The standard InChI is InChI=1S/C18H17N3O3S2/c1-11-2-5-13(6-3-11)25-10-17(23)20-21-18(24)12-4-7-15-14(8-12)19-16(22)9-26-15/h2-8H,9-10H2,1H3,(H,19,22)(H,20,23)(H,21,24). The van der Waals surface area contributed by atoms with Gasteiger partial charge in [0, 0.05) is 15.4 Å². The number of benzene rings is 2. The number of carbonyl (C=O) groups excluding carboxylic acids is 3. The highest BCUT2D eigenvalue weighted by atomic mass is 32.2. The molecule has 0 aliphatic carbocycles. The van der Waals surface area contributed by atoms with Crippen molar-refractivity contribution in [3.05, 3.63) is 53.6 Å². The normalized spacial score (nSPS) is 12.7. The zero-order valence-corrected chi connectivity index (χ0v) is 15.6. The number of carbonyl (C=O) groups is 3. The summed E-state index contributed by atoms with van der Waals surface area (Å²) in [7, 11) is 0. The van der Waals surface area contributed by atoms with Gasteiger partial charge in [-0.1, -0.05) is 17.7 Å². The van der Waals surface area contributed by atoms with Gasteiger partial charge >= 0.3 is 0 Å². The van der Waals surface area contributed by atoms with Gasteiger partial charge in [0.15, 0.2) is 0 Å². The Morgan fingerprint density at radius 1 is 1.15 bits per heavy atom. The van der Waals surface area contributed by atoms with Crippen molar-refractivity contribution in [2.24, 2.45) is 0 Å². The second-order valence-corrected chi connectivity index (χ2v) is 7.72. The first-order valence-corrected chi connectivity index (χ1v) is 9.84. The highest BCUT2D eigenvalue weighted by molar-refractivity contribution is 8.00. The molecular weight excluding hydrogens is 370 g/mol. The van der Waals surface area contributed by atoms with Gasteiger partial charge in [-0.05, 0) is 37.3 Å². The first-order chi connectivity index (χ1) is 12.5. The molecule has 0 aromatic heterocycles. The van der Waals surface area contributed by atoms with Crippen molar-refractivity contribution in [3.8, 4) is 0 Å². The number of nitrogens with one attached hydrogen (secondary N) is 3. The van der Waals surface area contributed by atoms with E-state index in [-0.39, 0.29) is 17.6 Å². The van der Waals surface area contributed by atoms with Crippen molar-refractivity contribution in [2.75, 3.05) is 16.8 Å². The van der Waals surface area contributed by atoms with Crippen LogP contribution in [0.3, 0.4) is 0 Å². The Balaban J connectivity index is 1.50. The van der Waals surface area contributed by atoms with E-state index in [1.165, 1.54) is 23.5 Å². The summed E-state index contributed by atoms with van der Waals surface area (Å²) < 4.78 is 0. The van der Waals surface area contributed by atoms with Crippen LogP contribution in [0.25, 0.3) is 0 Å². The van der Waals surface area contributed by atoms with Crippen LogP contribution in [0.2, 0.25) is 0 Å². The molecule has 0 unspecified atom stereocenters. The molecule has 3 amide bonds. The molecule has 0 bridgehead atoms. The van der Waals surface area contributed by atoms with E-state index in [1.807, 2.05) is 31.2 Å². The van der Waals surface area contributed by atoms with Crippen molar-refractivity contribution < 1.29 is 14.4 Å². The molecule has 2 aromatic rings. The molecule has 134 valence electrons. The molecule has 1 heterocycles. The maximum absolute atomic E-state index is 12.2. The Morgan fingerprint density at radius 2 is 1.92 bits per heavy atom. The molecule has 26 heavy (non-hydrogen) atoms. The smallest absolute Gasteiger partial charge is 0.269 e. The first kappa shape index (κ1) is 18.3. The predicted molar refractivity (Wildman–Crippen MR) is 103 cm³/mol. The van der Waals surface area contributed by atoms with Gasteiger partial charge in [-0.3, -0.25) is 25.2 Å². The molecule has 1 aliphatic heterocycles. The first-order valence-electron chi connectivity index (χ1n) is 7.86. The predicted octanol–water partition coefficient (Wildman–Crippen LogP) is 2.59. The van der Waals surface area contributed by atoms with Crippen molar-refractivity contribution in [3.63, 3.8) is 0 Å².